The molecular weight excluding hydrogens is 843 g/mol. The summed E-state index contributed by atoms with van der Waals surface area (Å²) in [6.07, 6.45) is 0.548. The topological polar surface area (TPSA) is 155 Å². The number of carbonyl (C=O) groups is 4. The fourth-order valence-corrected chi connectivity index (χ4v) is 6.84. The molecule has 2 heterocycles. The average molecular weight is 885 g/mol. The maximum atomic E-state index is 12.7. The zero-order chi connectivity index (χ0) is 38.2. The number of carbonyl (C=O) groups excluding carboxylic acids is 3. The summed E-state index contributed by atoms with van der Waals surface area (Å²) < 4.78 is 1.46. The van der Waals surface area contributed by atoms with Gasteiger partial charge in [-0.2, -0.15) is 0 Å². The number of amides is 5. The van der Waals surface area contributed by atoms with Crippen molar-refractivity contribution in [1.29, 1.82) is 0 Å². The maximum Gasteiger partial charge on any atom is 0.408 e. The van der Waals surface area contributed by atoms with Crippen LogP contribution in [-0.4, -0.2) is 88.8 Å². The van der Waals surface area contributed by atoms with Crippen molar-refractivity contribution in [3.63, 3.8) is 0 Å². The molecular formula is C35H42Br2Cl2N8O5. The lowest BCUT2D eigenvalue weighted by Crippen LogP contribution is -2.52. The van der Waals surface area contributed by atoms with Crippen LogP contribution in [0.4, 0.5) is 26.7 Å². The predicted molar refractivity (Wildman–Crippen MR) is 211 cm³/mol. The number of nitrogens with two attached hydrogens (primary N) is 1. The monoisotopic (exact) mass is 882 g/mol. The molecule has 2 aliphatic heterocycles. The number of halogens is 4. The molecule has 0 saturated carbocycles. The zero-order valence-corrected chi connectivity index (χ0v) is 33.7. The van der Waals surface area contributed by atoms with Crippen LogP contribution >= 0.6 is 55.1 Å². The van der Waals surface area contributed by atoms with E-state index in [-0.39, 0.29) is 24.9 Å². The summed E-state index contributed by atoms with van der Waals surface area (Å²) in [5.74, 6) is -0.441. The minimum absolute atomic E-state index is 0.0950. The maximum absolute atomic E-state index is 12.7. The predicted octanol–water partition coefficient (Wildman–Crippen LogP) is 6.97. The molecule has 5 rings (SSSR count). The summed E-state index contributed by atoms with van der Waals surface area (Å²) in [5.41, 5.74) is 8.20. The van der Waals surface area contributed by atoms with Gasteiger partial charge in [0.15, 0.2) is 0 Å². The van der Waals surface area contributed by atoms with Crippen LogP contribution in [0.2, 0.25) is 10.0 Å². The van der Waals surface area contributed by atoms with E-state index >= 15 is 0 Å². The number of rotatable bonds is 8. The van der Waals surface area contributed by atoms with Crippen molar-refractivity contribution in [2.75, 3.05) is 55.0 Å². The first-order valence-electron chi connectivity index (χ1n) is 16.5. The Hall–Kier alpha value is -3.92. The Morgan fingerprint density at radius 2 is 1.29 bits per heavy atom. The van der Waals surface area contributed by atoms with Crippen LogP contribution in [0.15, 0.2) is 69.6 Å². The first kappa shape index (κ1) is 40.8. The number of hydrogen-bond acceptors (Lipinski definition) is 7. The molecule has 13 nitrogen and oxygen atoms in total. The molecule has 0 aliphatic carbocycles. The third-order valence-corrected chi connectivity index (χ3v) is 11.0. The van der Waals surface area contributed by atoms with Crippen molar-refractivity contribution in [2.45, 2.75) is 45.7 Å². The van der Waals surface area contributed by atoms with Crippen LogP contribution in [0.5, 0.6) is 0 Å². The quantitative estimate of drug-likeness (QED) is 0.177. The van der Waals surface area contributed by atoms with Gasteiger partial charge in [0.1, 0.15) is 13.1 Å². The van der Waals surface area contributed by atoms with Crippen LogP contribution in [0.3, 0.4) is 0 Å². The smallest absolute Gasteiger partial charge is 0.408 e. The summed E-state index contributed by atoms with van der Waals surface area (Å²) in [6, 6.07) is 17.8. The van der Waals surface area contributed by atoms with Crippen LogP contribution in [-0.2, 0) is 16.1 Å². The Balaban J connectivity index is 0.000000236. The Bertz CT molecular complexity index is 1760. The Morgan fingerprint density at radius 1 is 0.788 bits per heavy atom. The second-order valence-corrected chi connectivity index (χ2v) is 15.4. The summed E-state index contributed by atoms with van der Waals surface area (Å²) >= 11 is 19.2. The fraction of sp³-hybridized carbons (Fsp3) is 0.371. The molecule has 5 amide bonds. The average Bonchev–Trinajstić information content (AvgIpc) is 3.79. The highest BCUT2D eigenvalue weighted by atomic mass is 79.9. The normalized spacial score (nSPS) is 14.1. The lowest BCUT2D eigenvalue weighted by molar-refractivity contribution is -0.132. The minimum atomic E-state index is -1.11. The van der Waals surface area contributed by atoms with Gasteiger partial charge in [0, 0.05) is 44.0 Å². The molecule has 0 aromatic heterocycles. The number of benzene rings is 3. The Kier molecular flexibility index (Phi) is 14.3. The number of carboxylic acid groups (broad SMARTS) is 1. The summed E-state index contributed by atoms with van der Waals surface area (Å²) in [7, 11) is 0. The molecule has 52 heavy (non-hydrogen) atoms. The molecule has 5 N–H and O–H groups in total. The Labute approximate surface area is 330 Å². The van der Waals surface area contributed by atoms with Gasteiger partial charge in [0.05, 0.1) is 30.4 Å². The highest BCUT2D eigenvalue weighted by Crippen LogP contribution is 2.36. The van der Waals surface area contributed by atoms with Crippen molar-refractivity contribution < 1.29 is 24.3 Å². The Morgan fingerprint density at radius 3 is 1.77 bits per heavy atom. The molecule has 17 heteroatoms. The number of anilines is 3. The third-order valence-electron chi connectivity index (χ3n) is 8.22. The van der Waals surface area contributed by atoms with Gasteiger partial charge in [-0.1, -0.05) is 47.5 Å². The van der Waals surface area contributed by atoms with E-state index in [1.54, 1.807) is 55.1 Å². The van der Waals surface area contributed by atoms with Gasteiger partial charge >= 0.3 is 12.1 Å². The summed E-state index contributed by atoms with van der Waals surface area (Å²) in [6.45, 7) is 7.89. The van der Waals surface area contributed by atoms with Crippen molar-refractivity contribution in [3.8, 4) is 0 Å². The minimum Gasteiger partial charge on any atom is -0.465 e. The summed E-state index contributed by atoms with van der Waals surface area (Å²) in [4.78, 5) is 50.0. The second kappa shape index (κ2) is 18.2. The number of urea groups is 1. The van der Waals surface area contributed by atoms with E-state index in [9.17, 15) is 24.3 Å². The lowest BCUT2D eigenvalue weighted by atomic mass is 10.1. The van der Waals surface area contributed by atoms with Crippen molar-refractivity contribution >= 4 is 96.1 Å². The molecule has 2 fully saturated rings. The van der Waals surface area contributed by atoms with Crippen LogP contribution in [0, 0.1) is 0 Å². The van der Waals surface area contributed by atoms with E-state index in [2.05, 4.69) is 42.5 Å². The first-order chi connectivity index (χ1) is 24.6. The largest absolute Gasteiger partial charge is 0.465 e. The molecule has 280 valence electrons. The molecule has 2 saturated heterocycles. The van der Waals surface area contributed by atoms with E-state index in [1.165, 1.54) is 0 Å². The molecule has 0 radical (unpaired) electrons. The second-order valence-electron chi connectivity index (χ2n) is 13.0. The molecule has 3 aromatic carbocycles. The molecule has 0 atom stereocenters. The molecule has 3 aromatic rings. The third kappa shape index (κ3) is 10.6. The number of nitrogens with one attached hydrogen (secondary N) is 2. The number of hydrazine groups is 2. The highest BCUT2D eigenvalue weighted by molar-refractivity contribution is 9.11. The van der Waals surface area contributed by atoms with E-state index < -0.39 is 17.7 Å². The molecule has 0 spiro atoms. The van der Waals surface area contributed by atoms with E-state index in [0.717, 1.165) is 43.6 Å². The van der Waals surface area contributed by atoms with Crippen molar-refractivity contribution in [1.82, 2.24) is 25.6 Å². The zero-order valence-electron chi connectivity index (χ0n) is 29.0. The van der Waals surface area contributed by atoms with Crippen LogP contribution in [0.25, 0.3) is 0 Å². The van der Waals surface area contributed by atoms with Crippen molar-refractivity contribution in [3.05, 3.63) is 85.2 Å². The van der Waals surface area contributed by atoms with Gasteiger partial charge in [0.2, 0.25) is 0 Å². The summed E-state index contributed by atoms with van der Waals surface area (Å²) in [5, 5.41) is 22.8. The SMILES string of the molecule is CC(C)(C)N(CC(=O)N1CCCN1c1cccc(Cl)c1Br)C(=O)O.Nc1ccc(CNC(=O)NCC(=O)N2CCCN2c2cccc(Cl)c2Br)cc1. The highest BCUT2D eigenvalue weighted by Gasteiger charge is 2.34. The van der Waals surface area contributed by atoms with Gasteiger partial charge in [-0.05, 0) is 107 Å². The van der Waals surface area contributed by atoms with Gasteiger partial charge in [-0.15, -0.1) is 0 Å². The van der Waals surface area contributed by atoms with E-state index in [0.29, 0.717) is 48.5 Å². The molecule has 0 unspecified atom stereocenters. The van der Waals surface area contributed by atoms with Gasteiger partial charge in [-0.25, -0.2) is 9.59 Å². The van der Waals surface area contributed by atoms with Crippen molar-refractivity contribution in [2.24, 2.45) is 0 Å². The fourth-order valence-electron chi connectivity index (χ4n) is 5.56. The molecule has 2 aliphatic rings. The van der Waals surface area contributed by atoms with Gasteiger partial charge < -0.3 is 21.5 Å². The van der Waals surface area contributed by atoms with Gasteiger partial charge in [0.25, 0.3) is 11.8 Å². The number of nitrogen functional groups attached to an aromatic ring is 1. The standard InChI is InChI=1S/C19H21BrClN5O2.C16H21BrClN3O3/c20-18-15(21)3-1-4-16(18)25-9-2-10-26(25)17(27)12-24-19(28)23-11-13-5-7-14(22)8-6-13;1-16(2,3)19(15(23)24)10-13(22)21-9-5-8-20(21)12-7-4-6-11(18)14(12)17/h1,3-8H,2,9-12,22H2,(H2,23,24,28);4,6-7H,5,8-10H2,1-3H3,(H,23,24). The van der Waals surface area contributed by atoms with Crippen LogP contribution in [0.1, 0.15) is 39.2 Å². The first-order valence-corrected chi connectivity index (χ1v) is 18.8. The number of hydrogen-bond donors (Lipinski definition) is 4. The van der Waals surface area contributed by atoms with E-state index in [4.69, 9.17) is 28.9 Å². The van der Waals surface area contributed by atoms with E-state index in [1.807, 2.05) is 46.4 Å². The lowest BCUT2D eigenvalue weighted by Gasteiger charge is -2.36. The molecule has 0 bridgehead atoms. The van der Waals surface area contributed by atoms with Gasteiger partial charge in [-0.3, -0.25) is 34.5 Å². The van der Waals surface area contributed by atoms with Crippen LogP contribution < -0.4 is 26.4 Å². The number of nitrogens with zero attached hydrogens (tertiary/aromatic N) is 5.